The average Bonchev–Trinajstić information content (AvgIpc) is 2.17. The predicted molar refractivity (Wildman–Crippen MR) is 43.6 cm³/mol. The zero-order chi connectivity index (χ0) is 8.97. The van der Waals surface area contributed by atoms with Gasteiger partial charge in [0, 0.05) is 0 Å². The Morgan fingerprint density at radius 1 is 1.42 bits per heavy atom. The molecule has 1 aromatic rings. The van der Waals surface area contributed by atoms with Gasteiger partial charge in [0.1, 0.15) is 5.75 Å². The number of nitriles is 1. The molecule has 0 fully saturated rings. The lowest BCUT2D eigenvalue weighted by atomic mass is 9.97. The van der Waals surface area contributed by atoms with Gasteiger partial charge in [-0.15, -0.1) is 0 Å². The van der Waals surface area contributed by atoms with Gasteiger partial charge < -0.3 is 9.84 Å². The second-order valence-corrected chi connectivity index (χ2v) is 2.30. The monoisotopic (exact) mass is 162 g/mol. The van der Waals surface area contributed by atoms with Gasteiger partial charge in [-0.25, -0.2) is 0 Å². The van der Waals surface area contributed by atoms with Crippen LogP contribution in [0.5, 0.6) is 5.75 Å². The average molecular weight is 162 g/mol. The lowest BCUT2D eigenvalue weighted by Crippen LogP contribution is -1.92. The third kappa shape index (κ3) is 1.74. The normalized spacial score (nSPS) is 11.8. The van der Waals surface area contributed by atoms with Crippen LogP contribution < -0.4 is 4.74 Å². The van der Waals surface area contributed by atoms with Crippen molar-refractivity contribution in [1.29, 1.82) is 5.26 Å². The summed E-state index contributed by atoms with van der Waals surface area (Å²) >= 11 is 0. The quantitative estimate of drug-likeness (QED) is 0.666. The lowest BCUT2D eigenvalue weighted by Gasteiger charge is -2.02. The van der Waals surface area contributed by atoms with Crippen LogP contribution in [0.3, 0.4) is 0 Å². The molecule has 1 atom stereocenters. The van der Waals surface area contributed by atoms with E-state index in [1.54, 1.807) is 37.4 Å². The predicted octanol–water partition coefficient (Wildman–Crippen LogP) is 1.25. The number of nitrogens with zero attached hydrogens (tertiary/aromatic N) is 1. The van der Waals surface area contributed by atoms with Gasteiger partial charge in [-0.1, -0.05) is 12.1 Å². The summed E-state index contributed by atoms with van der Waals surface area (Å²) in [5, 5.41) is 17.5. The summed E-state index contributed by atoms with van der Waals surface area (Å²) in [6.07, 6.45) is -1.05. The molecule has 0 spiro atoms. The number of aliphatic hydroxyl groups excluding tert-OH is 1. The Bertz CT molecular complexity index is 286. The van der Waals surface area contributed by atoms with Crippen LogP contribution in [0.1, 0.15) is 11.7 Å². The van der Waals surface area contributed by atoms with Crippen molar-refractivity contribution in [3.63, 3.8) is 0 Å². The molecule has 0 radical (unpaired) electrons. The highest BCUT2D eigenvalue weighted by atomic mass is 16.5. The van der Waals surface area contributed by atoms with E-state index >= 15 is 0 Å². The highest BCUT2D eigenvalue weighted by molar-refractivity contribution is 5.30. The van der Waals surface area contributed by atoms with Gasteiger partial charge in [-0.05, 0) is 17.7 Å². The number of hydrogen-bond donors (Lipinski definition) is 1. The third-order valence-electron chi connectivity index (χ3n) is 1.55. The first-order valence-corrected chi connectivity index (χ1v) is 3.49. The van der Waals surface area contributed by atoms with Crippen molar-refractivity contribution >= 4 is 0 Å². The maximum atomic E-state index is 9.09. The molecule has 62 valence electrons. The molecule has 0 saturated heterocycles. The van der Waals surface area contributed by atoms with Crippen LogP contribution >= 0.6 is 0 Å². The number of rotatable bonds is 2. The summed E-state index contributed by atoms with van der Waals surface area (Å²) in [6, 6.07) is 8.46. The number of aliphatic hydroxyl groups is 1. The van der Waals surface area contributed by atoms with Gasteiger partial charge >= 0.3 is 0 Å². The summed E-state index contributed by atoms with van der Waals surface area (Å²) in [4.78, 5) is 0. The summed E-state index contributed by atoms with van der Waals surface area (Å²) in [7, 11) is 1.57. The van der Waals surface area contributed by atoms with Crippen LogP contribution in [0.15, 0.2) is 24.3 Å². The zero-order valence-corrected chi connectivity index (χ0v) is 6.69. The Kier molecular flexibility index (Phi) is 2.67. The van der Waals surface area contributed by atoms with Gasteiger partial charge in [-0.2, -0.15) is 5.26 Å². The lowest BCUT2D eigenvalue weighted by molar-refractivity contribution is 0.236. The topological polar surface area (TPSA) is 53.2 Å². The first-order valence-electron chi connectivity index (χ1n) is 3.49. The fraction of sp³-hybridized carbons (Fsp3) is 0.222. The summed E-state index contributed by atoms with van der Waals surface area (Å²) in [5.41, 5.74) is 0.582. The van der Waals surface area contributed by atoms with E-state index in [4.69, 9.17) is 15.1 Å². The smallest absolute Gasteiger partial charge is 0.165 e. The molecule has 1 unspecified atom stereocenters. The second-order valence-electron chi connectivity index (χ2n) is 2.30. The van der Waals surface area contributed by atoms with Crippen molar-refractivity contribution in [1.82, 2.24) is 0 Å². The first-order chi connectivity index (χ1) is 5.77. The fourth-order valence-electron chi connectivity index (χ4n) is 0.861. The van der Waals surface area contributed by atoms with Crippen LogP contribution in [0.25, 0.3) is 0 Å². The highest BCUT2D eigenvalue weighted by Gasteiger charge is 2.03. The van der Waals surface area contributed by atoms with E-state index < -0.39 is 6.10 Å². The van der Waals surface area contributed by atoms with Gasteiger partial charge in [0.05, 0.1) is 13.2 Å². The van der Waals surface area contributed by atoms with Gasteiger partial charge in [-0.3, -0.25) is 0 Å². The molecule has 12 heavy (non-hydrogen) atoms. The van der Waals surface area contributed by atoms with Crippen LogP contribution in [0.4, 0.5) is 0 Å². The molecule has 0 heterocycles. The first kappa shape index (κ1) is 8.57. The van der Waals surface area contributed by atoms with E-state index in [-0.39, 0.29) is 0 Å². The van der Waals surface area contributed by atoms with E-state index in [0.717, 1.165) is 0 Å². The maximum absolute atomic E-state index is 9.09. The maximum Gasteiger partial charge on any atom is 0.165 e. The number of benzene rings is 1. The fourth-order valence-corrected chi connectivity index (χ4v) is 0.861. The van der Waals surface area contributed by atoms with Crippen molar-refractivity contribution in [3.05, 3.63) is 29.8 Å². The Hall–Kier alpha value is -1.53. The molecule has 0 bridgehead atoms. The van der Waals surface area contributed by atoms with Crippen LogP contribution in [-0.4, -0.2) is 12.2 Å². The number of hydrogen-bond acceptors (Lipinski definition) is 3. The van der Waals surface area contributed by atoms with Crippen molar-refractivity contribution in [3.8, 4) is 11.8 Å². The second kappa shape index (κ2) is 3.74. The molecule has 1 rings (SSSR count). The van der Waals surface area contributed by atoms with Crippen LogP contribution in [0, 0.1) is 11.3 Å². The van der Waals surface area contributed by atoms with Crippen molar-refractivity contribution < 1.29 is 9.84 Å². The van der Waals surface area contributed by atoms with Gasteiger partial charge in [0.2, 0.25) is 0 Å². The molecule has 1 N–H and O–H groups in total. The number of methoxy groups -OCH3 is 1. The van der Waals surface area contributed by atoms with Gasteiger partial charge in [0.25, 0.3) is 0 Å². The molecule has 0 aromatic heterocycles. The molecular formula is C9H9NO2. The summed E-state index contributed by atoms with van der Waals surface area (Å²) < 4.78 is 4.92. The largest absolute Gasteiger partial charge is 0.497 e. The molecule has 0 amide bonds. The Morgan fingerprint density at radius 2 is 2.00 bits per heavy atom. The minimum atomic E-state index is -1.05. The van der Waals surface area contributed by atoms with E-state index in [1.807, 2.05) is 0 Å². The van der Waals surface area contributed by atoms with Gasteiger partial charge in [0.15, 0.2) is 6.10 Å². The molecule has 0 saturated carbocycles. The minimum absolute atomic E-state index is 0.582. The minimum Gasteiger partial charge on any atom is -0.497 e. The molecule has 0 aliphatic carbocycles. The Labute approximate surface area is 70.8 Å². The summed E-state index contributed by atoms with van der Waals surface area (Å²) in [6.45, 7) is 0. The molecule has 3 nitrogen and oxygen atoms in total. The SMILES string of the molecule is COc1ccc(C(O)[11C]#N)cc1. The highest BCUT2D eigenvalue weighted by Crippen LogP contribution is 2.16. The molecule has 3 heteroatoms. The van der Waals surface area contributed by atoms with Crippen molar-refractivity contribution in [2.45, 2.75) is 6.10 Å². The standard InChI is InChI=1S/C9H9NO2/c1-12-8-4-2-7(3-5-8)9(11)6-10/h2-5,9,11H,1H3/i6-1. The van der Waals surface area contributed by atoms with E-state index in [9.17, 15) is 0 Å². The van der Waals surface area contributed by atoms with E-state index in [2.05, 4.69) is 0 Å². The molecular weight excluding hydrogens is 153 g/mol. The third-order valence-corrected chi connectivity index (χ3v) is 1.55. The van der Waals surface area contributed by atoms with Crippen molar-refractivity contribution in [2.24, 2.45) is 0 Å². The van der Waals surface area contributed by atoms with E-state index in [0.29, 0.717) is 11.3 Å². The molecule has 1 aromatic carbocycles. The van der Waals surface area contributed by atoms with Crippen molar-refractivity contribution in [2.75, 3.05) is 7.11 Å². The number of ether oxygens (including phenoxy) is 1. The van der Waals surface area contributed by atoms with Crippen LogP contribution in [-0.2, 0) is 0 Å². The molecule has 0 aliphatic heterocycles. The Morgan fingerprint density at radius 3 is 2.42 bits per heavy atom. The molecule has 0 aliphatic rings. The Balaban J connectivity index is 2.86. The van der Waals surface area contributed by atoms with Crippen LogP contribution in [0.2, 0.25) is 0 Å². The zero-order valence-electron chi connectivity index (χ0n) is 6.69. The van der Waals surface area contributed by atoms with E-state index in [1.165, 1.54) is 0 Å². The summed E-state index contributed by atoms with van der Waals surface area (Å²) in [5.74, 6) is 0.712.